The molecule has 0 radical (unpaired) electrons. The second kappa shape index (κ2) is 6.59. The first-order valence-electron chi connectivity index (χ1n) is 6.42. The number of rotatable bonds is 7. The fourth-order valence-electron chi connectivity index (χ4n) is 2.00. The Labute approximate surface area is 103 Å². The molecule has 17 heavy (non-hydrogen) atoms. The molecule has 0 saturated carbocycles. The van der Waals surface area contributed by atoms with Gasteiger partial charge in [-0.3, -0.25) is 9.69 Å². The molecule has 0 aliphatic carbocycles. The number of hydrogen-bond donors (Lipinski definition) is 2. The number of hydrogen-bond acceptors (Lipinski definition) is 3. The van der Waals surface area contributed by atoms with Crippen LogP contribution in [0.25, 0.3) is 0 Å². The molecule has 0 aromatic rings. The monoisotopic (exact) mass is 241 g/mol. The molecule has 1 saturated heterocycles. The molecule has 0 bridgehead atoms. The van der Waals surface area contributed by atoms with E-state index in [4.69, 9.17) is 0 Å². The van der Waals surface area contributed by atoms with Crippen molar-refractivity contribution < 1.29 is 9.59 Å². The van der Waals surface area contributed by atoms with E-state index in [-0.39, 0.29) is 23.9 Å². The van der Waals surface area contributed by atoms with Gasteiger partial charge in [-0.15, -0.1) is 0 Å². The van der Waals surface area contributed by atoms with Gasteiger partial charge in [0.2, 0.25) is 0 Å². The summed E-state index contributed by atoms with van der Waals surface area (Å²) < 4.78 is 0. The van der Waals surface area contributed by atoms with E-state index in [9.17, 15) is 9.59 Å². The first-order valence-corrected chi connectivity index (χ1v) is 6.42. The molecule has 2 atom stereocenters. The van der Waals surface area contributed by atoms with Crippen molar-refractivity contribution in [3.05, 3.63) is 0 Å². The lowest BCUT2D eigenvalue weighted by molar-refractivity contribution is -0.128. The summed E-state index contributed by atoms with van der Waals surface area (Å²) in [6.45, 7) is 8.32. The Morgan fingerprint density at radius 1 is 1.41 bits per heavy atom. The van der Waals surface area contributed by atoms with Gasteiger partial charge in [-0.25, -0.2) is 4.79 Å². The van der Waals surface area contributed by atoms with Crippen LogP contribution < -0.4 is 10.6 Å². The summed E-state index contributed by atoms with van der Waals surface area (Å²) in [6.07, 6.45) is 1.63. The van der Waals surface area contributed by atoms with Crippen LogP contribution in [0.4, 0.5) is 4.79 Å². The van der Waals surface area contributed by atoms with Crippen molar-refractivity contribution >= 4 is 11.9 Å². The minimum Gasteiger partial charge on any atom is -0.326 e. The predicted molar refractivity (Wildman–Crippen MR) is 66.6 cm³/mol. The Kier molecular flexibility index (Phi) is 5.41. The first kappa shape index (κ1) is 14.0. The number of amides is 3. The molecular weight excluding hydrogens is 218 g/mol. The molecular formula is C12H23N3O2. The van der Waals surface area contributed by atoms with Crippen LogP contribution >= 0.6 is 0 Å². The Hall–Kier alpha value is -1.10. The van der Waals surface area contributed by atoms with Gasteiger partial charge in [-0.1, -0.05) is 27.2 Å². The maximum atomic E-state index is 11.9. The van der Waals surface area contributed by atoms with Crippen molar-refractivity contribution in [2.75, 3.05) is 19.6 Å². The lowest BCUT2D eigenvalue weighted by Crippen LogP contribution is -2.38. The summed E-state index contributed by atoms with van der Waals surface area (Å²) in [6, 6.07) is -0.546. The smallest absolute Gasteiger partial charge is 0.324 e. The van der Waals surface area contributed by atoms with Gasteiger partial charge in [0.1, 0.15) is 6.04 Å². The Morgan fingerprint density at radius 2 is 2.12 bits per heavy atom. The second-order valence-corrected chi connectivity index (χ2v) is 4.65. The molecule has 98 valence electrons. The van der Waals surface area contributed by atoms with Gasteiger partial charge in [0.15, 0.2) is 0 Å². The van der Waals surface area contributed by atoms with Gasteiger partial charge in [0.25, 0.3) is 5.91 Å². The van der Waals surface area contributed by atoms with Crippen molar-refractivity contribution in [1.82, 2.24) is 15.5 Å². The zero-order valence-electron chi connectivity index (χ0n) is 11.0. The Morgan fingerprint density at radius 3 is 2.71 bits per heavy atom. The van der Waals surface area contributed by atoms with Crippen molar-refractivity contribution in [1.29, 1.82) is 0 Å². The van der Waals surface area contributed by atoms with E-state index in [0.717, 1.165) is 25.9 Å². The summed E-state index contributed by atoms with van der Waals surface area (Å²) >= 11 is 0. The third-order valence-electron chi connectivity index (χ3n) is 2.92. The van der Waals surface area contributed by atoms with Crippen LogP contribution in [-0.4, -0.2) is 42.5 Å². The number of carbonyl (C=O) groups is 2. The summed E-state index contributed by atoms with van der Waals surface area (Å²) in [5.74, 6) is 0.213. The van der Waals surface area contributed by atoms with Gasteiger partial charge in [0, 0.05) is 6.54 Å². The van der Waals surface area contributed by atoms with Crippen LogP contribution in [0.1, 0.15) is 33.6 Å². The predicted octanol–water partition coefficient (Wildman–Crippen LogP) is 0.952. The van der Waals surface area contributed by atoms with Gasteiger partial charge in [-0.05, 0) is 25.4 Å². The number of nitrogens with zero attached hydrogens (tertiary/aromatic N) is 1. The molecule has 1 aliphatic rings. The minimum absolute atomic E-state index is 0.0693. The van der Waals surface area contributed by atoms with Crippen LogP contribution in [0.2, 0.25) is 0 Å². The first-order chi connectivity index (χ1) is 8.10. The van der Waals surface area contributed by atoms with Crippen LogP contribution in [0.5, 0.6) is 0 Å². The highest BCUT2D eigenvalue weighted by Gasteiger charge is 2.37. The third kappa shape index (κ3) is 3.70. The molecule has 0 spiro atoms. The van der Waals surface area contributed by atoms with E-state index in [1.54, 1.807) is 0 Å². The highest BCUT2D eigenvalue weighted by atomic mass is 16.2. The fraction of sp³-hybridized carbons (Fsp3) is 0.833. The molecule has 3 amide bonds. The van der Waals surface area contributed by atoms with E-state index in [1.807, 2.05) is 20.8 Å². The van der Waals surface area contributed by atoms with Crippen LogP contribution in [0, 0.1) is 5.92 Å². The van der Waals surface area contributed by atoms with Gasteiger partial charge >= 0.3 is 6.03 Å². The standard InChI is InChI=1S/C12H23N3O2/c1-4-6-10-11(16)15(12(17)14-10)8-9(3)7-13-5-2/h9-10,13H,4-8H2,1-3H3,(H,14,17). The van der Waals surface area contributed by atoms with E-state index in [2.05, 4.69) is 10.6 Å². The SMILES string of the molecule is CCCC1NC(=O)N(CC(C)CNCC)C1=O. The van der Waals surface area contributed by atoms with Gasteiger partial charge in [-0.2, -0.15) is 0 Å². The van der Waals surface area contributed by atoms with Crippen LogP contribution in [0.3, 0.4) is 0 Å². The van der Waals surface area contributed by atoms with Crippen molar-refractivity contribution in [3.63, 3.8) is 0 Å². The lowest BCUT2D eigenvalue weighted by Gasteiger charge is -2.18. The zero-order valence-corrected chi connectivity index (χ0v) is 11.0. The average Bonchev–Trinajstić information content (AvgIpc) is 2.55. The summed E-state index contributed by atoms with van der Waals surface area (Å²) in [5, 5.41) is 5.95. The highest BCUT2D eigenvalue weighted by Crippen LogP contribution is 2.12. The maximum absolute atomic E-state index is 11.9. The van der Waals surface area contributed by atoms with Crippen LogP contribution in [0.15, 0.2) is 0 Å². The molecule has 1 aliphatic heterocycles. The Bertz CT molecular complexity index is 281. The fourth-order valence-corrected chi connectivity index (χ4v) is 2.00. The number of carbonyl (C=O) groups excluding carboxylic acids is 2. The second-order valence-electron chi connectivity index (χ2n) is 4.65. The lowest BCUT2D eigenvalue weighted by atomic mass is 10.1. The molecule has 0 aromatic heterocycles. The summed E-state index contributed by atoms with van der Waals surface area (Å²) in [5.41, 5.74) is 0. The molecule has 5 nitrogen and oxygen atoms in total. The molecule has 1 rings (SSSR count). The quantitative estimate of drug-likeness (QED) is 0.652. The zero-order chi connectivity index (χ0) is 12.8. The largest absolute Gasteiger partial charge is 0.326 e. The minimum atomic E-state index is -0.307. The third-order valence-corrected chi connectivity index (χ3v) is 2.92. The van der Waals surface area contributed by atoms with Crippen molar-refractivity contribution in [2.45, 2.75) is 39.7 Å². The molecule has 2 unspecified atom stereocenters. The topological polar surface area (TPSA) is 61.4 Å². The van der Waals surface area contributed by atoms with E-state index < -0.39 is 0 Å². The molecule has 0 aromatic carbocycles. The average molecular weight is 241 g/mol. The van der Waals surface area contributed by atoms with Gasteiger partial charge < -0.3 is 10.6 Å². The van der Waals surface area contributed by atoms with Crippen molar-refractivity contribution in [2.24, 2.45) is 5.92 Å². The number of imide groups is 1. The highest BCUT2D eigenvalue weighted by molar-refractivity contribution is 6.04. The number of urea groups is 1. The van der Waals surface area contributed by atoms with Crippen LogP contribution in [-0.2, 0) is 4.79 Å². The van der Waals surface area contributed by atoms with Crippen molar-refractivity contribution in [3.8, 4) is 0 Å². The Balaban J connectivity index is 2.47. The number of nitrogens with one attached hydrogen (secondary N) is 2. The van der Waals surface area contributed by atoms with E-state index in [1.165, 1.54) is 4.90 Å². The van der Waals surface area contributed by atoms with Gasteiger partial charge in [0.05, 0.1) is 0 Å². The molecule has 2 N–H and O–H groups in total. The maximum Gasteiger partial charge on any atom is 0.324 e. The molecule has 1 fully saturated rings. The summed E-state index contributed by atoms with van der Waals surface area (Å²) in [4.78, 5) is 24.9. The molecule has 1 heterocycles. The van der Waals surface area contributed by atoms with E-state index in [0.29, 0.717) is 6.54 Å². The normalized spacial score (nSPS) is 21.8. The van der Waals surface area contributed by atoms with E-state index >= 15 is 0 Å². The molecule has 5 heteroatoms. The summed E-state index contributed by atoms with van der Waals surface area (Å²) in [7, 11) is 0.